The number of amides is 1. The van der Waals surface area contributed by atoms with Crippen LogP contribution in [0.25, 0.3) is 10.8 Å². The van der Waals surface area contributed by atoms with E-state index in [1.165, 1.54) is 21.9 Å². The van der Waals surface area contributed by atoms with E-state index < -0.39 is 0 Å². The Balaban J connectivity index is 1.42. The van der Waals surface area contributed by atoms with Crippen LogP contribution in [0.5, 0.6) is 0 Å². The molecule has 1 heterocycles. The molecule has 0 radical (unpaired) electrons. The van der Waals surface area contributed by atoms with Crippen molar-refractivity contribution in [2.75, 3.05) is 25.0 Å². The first-order valence-electron chi connectivity index (χ1n) is 10.3. The first-order chi connectivity index (χ1) is 13.6. The Labute approximate surface area is 166 Å². The van der Waals surface area contributed by atoms with Gasteiger partial charge in [0.05, 0.1) is 12.5 Å². The molecule has 0 bridgehead atoms. The van der Waals surface area contributed by atoms with E-state index in [2.05, 4.69) is 35.6 Å². The van der Waals surface area contributed by atoms with Crippen LogP contribution in [-0.2, 0) is 27.2 Å². The van der Waals surface area contributed by atoms with Crippen molar-refractivity contribution < 1.29 is 14.3 Å². The first kappa shape index (κ1) is 18.8. The number of aryl methyl sites for hydroxylation is 2. The SMILES string of the molecule is CCOC(=O)C1CCN(C(=O)[C@@H](C)Nc2ccc3c4c(cccc24)CC3)CC1. The lowest BCUT2D eigenvalue weighted by Gasteiger charge is -2.33. The molecular formula is C23H28N2O3. The van der Waals surface area contributed by atoms with Gasteiger partial charge < -0.3 is 15.0 Å². The second kappa shape index (κ2) is 7.82. The third-order valence-corrected chi connectivity index (χ3v) is 6.05. The topological polar surface area (TPSA) is 58.6 Å². The average molecular weight is 380 g/mol. The van der Waals surface area contributed by atoms with Gasteiger partial charge in [0.15, 0.2) is 0 Å². The third-order valence-electron chi connectivity index (χ3n) is 6.05. The van der Waals surface area contributed by atoms with Crippen LogP contribution in [0.2, 0.25) is 0 Å². The summed E-state index contributed by atoms with van der Waals surface area (Å²) in [6.07, 6.45) is 3.55. The number of hydrogen-bond acceptors (Lipinski definition) is 4. The summed E-state index contributed by atoms with van der Waals surface area (Å²) < 4.78 is 5.11. The van der Waals surface area contributed by atoms with Crippen LogP contribution in [0.3, 0.4) is 0 Å². The summed E-state index contributed by atoms with van der Waals surface area (Å²) >= 11 is 0. The number of carbonyl (C=O) groups is 2. The molecule has 1 N–H and O–H groups in total. The molecular weight excluding hydrogens is 352 g/mol. The van der Waals surface area contributed by atoms with Gasteiger partial charge in [0, 0.05) is 24.2 Å². The summed E-state index contributed by atoms with van der Waals surface area (Å²) in [5.74, 6) is -0.122. The van der Waals surface area contributed by atoms with Crippen LogP contribution in [0, 0.1) is 5.92 Å². The van der Waals surface area contributed by atoms with Crippen molar-refractivity contribution in [3.63, 3.8) is 0 Å². The highest BCUT2D eigenvalue weighted by Gasteiger charge is 2.30. The van der Waals surface area contributed by atoms with Crippen LogP contribution >= 0.6 is 0 Å². The number of piperidine rings is 1. The van der Waals surface area contributed by atoms with E-state index >= 15 is 0 Å². The molecule has 2 aliphatic rings. The molecule has 4 rings (SSSR count). The summed E-state index contributed by atoms with van der Waals surface area (Å²) in [7, 11) is 0. The fourth-order valence-electron chi connectivity index (χ4n) is 4.54. The van der Waals surface area contributed by atoms with Gasteiger partial charge in [-0.1, -0.05) is 24.3 Å². The molecule has 0 spiro atoms. The number of rotatable bonds is 5. The number of ether oxygens (including phenoxy) is 1. The molecule has 0 saturated carbocycles. The van der Waals surface area contributed by atoms with Crippen molar-refractivity contribution in [3.8, 4) is 0 Å². The number of hydrogen-bond donors (Lipinski definition) is 1. The molecule has 1 atom stereocenters. The number of nitrogens with zero attached hydrogens (tertiary/aromatic N) is 1. The van der Waals surface area contributed by atoms with E-state index in [4.69, 9.17) is 4.74 Å². The van der Waals surface area contributed by atoms with E-state index in [1.807, 2.05) is 18.7 Å². The highest BCUT2D eigenvalue weighted by Crippen LogP contribution is 2.35. The monoisotopic (exact) mass is 380 g/mol. The molecule has 2 aromatic carbocycles. The smallest absolute Gasteiger partial charge is 0.309 e. The van der Waals surface area contributed by atoms with E-state index in [0.29, 0.717) is 32.5 Å². The zero-order valence-corrected chi connectivity index (χ0v) is 16.7. The minimum absolute atomic E-state index is 0.0798. The van der Waals surface area contributed by atoms with E-state index in [9.17, 15) is 9.59 Å². The van der Waals surface area contributed by atoms with Crippen LogP contribution < -0.4 is 5.32 Å². The Morgan fingerprint density at radius 1 is 1.14 bits per heavy atom. The normalized spacial score (nSPS) is 17.6. The van der Waals surface area contributed by atoms with Gasteiger partial charge in [-0.2, -0.15) is 0 Å². The van der Waals surface area contributed by atoms with Gasteiger partial charge in [0.25, 0.3) is 0 Å². The minimum atomic E-state index is -0.308. The fraction of sp³-hybridized carbons (Fsp3) is 0.478. The number of anilines is 1. The second-order valence-electron chi connectivity index (χ2n) is 7.83. The quantitative estimate of drug-likeness (QED) is 0.806. The molecule has 1 aliphatic heterocycles. The number of likely N-dealkylation sites (tertiary alicyclic amines) is 1. The van der Waals surface area contributed by atoms with Gasteiger partial charge in [-0.25, -0.2) is 0 Å². The molecule has 148 valence electrons. The van der Waals surface area contributed by atoms with Gasteiger partial charge in [0.2, 0.25) is 5.91 Å². The van der Waals surface area contributed by atoms with Gasteiger partial charge >= 0.3 is 5.97 Å². The predicted octanol–water partition coefficient (Wildman–Crippen LogP) is 3.54. The predicted molar refractivity (Wildman–Crippen MR) is 110 cm³/mol. The van der Waals surface area contributed by atoms with E-state index in [1.54, 1.807) is 0 Å². The maximum atomic E-state index is 12.9. The van der Waals surface area contributed by atoms with Crippen molar-refractivity contribution in [2.24, 2.45) is 5.92 Å². The van der Waals surface area contributed by atoms with E-state index in [-0.39, 0.29) is 23.8 Å². The zero-order valence-electron chi connectivity index (χ0n) is 16.7. The number of benzene rings is 2. The lowest BCUT2D eigenvalue weighted by Crippen LogP contribution is -2.46. The van der Waals surface area contributed by atoms with Crippen molar-refractivity contribution >= 4 is 28.3 Å². The highest BCUT2D eigenvalue weighted by molar-refractivity contribution is 6.00. The number of esters is 1. The van der Waals surface area contributed by atoms with Gasteiger partial charge in [-0.05, 0) is 62.1 Å². The molecule has 1 saturated heterocycles. The van der Waals surface area contributed by atoms with Crippen LogP contribution in [0.1, 0.15) is 37.8 Å². The molecule has 0 unspecified atom stereocenters. The summed E-state index contributed by atoms with van der Waals surface area (Å²) in [6, 6.07) is 10.4. The molecule has 1 fully saturated rings. The zero-order chi connectivity index (χ0) is 19.7. The molecule has 0 aromatic heterocycles. The Bertz CT molecular complexity index is 890. The highest BCUT2D eigenvalue weighted by atomic mass is 16.5. The molecule has 28 heavy (non-hydrogen) atoms. The summed E-state index contributed by atoms with van der Waals surface area (Å²) in [5, 5.41) is 5.99. The lowest BCUT2D eigenvalue weighted by atomic mass is 9.96. The second-order valence-corrected chi connectivity index (χ2v) is 7.83. The summed E-state index contributed by atoms with van der Waals surface area (Å²) in [5.41, 5.74) is 3.82. The standard InChI is InChI=1S/C23H28N2O3/c1-3-28-23(27)18-11-13-25(14-12-18)22(26)15(2)24-20-10-9-17-8-7-16-5-4-6-19(20)21(16)17/h4-6,9-10,15,18,24H,3,7-8,11-14H2,1-2H3/t15-/m1/s1. The summed E-state index contributed by atoms with van der Waals surface area (Å²) in [4.78, 5) is 26.7. The van der Waals surface area contributed by atoms with Crippen molar-refractivity contribution in [3.05, 3.63) is 41.5 Å². The van der Waals surface area contributed by atoms with Crippen molar-refractivity contribution in [2.45, 2.75) is 45.6 Å². The van der Waals surface area contributed by atoms with E-state index in [0.717, 1.165) is 18.5 Å². The molecule has 2 aromatic rings. The molecule has 1 amide bonds. The Hall–Kier alpha value is -2.56. The van der Waals surface area contributed by atoms with Crippen molar-refractivity contribution in [1.29, 1.82) is 0 Å². The maximum absolute atomic E-state index is 12.9. The van der Waals surface area contributed by atoms with Gasteiger partial charge in [-0.15, -0.1) is 0 Å². The Morgan fingerprint density at radius 2 is 1.86 bits per heavy atom. The van der Waals surface area contributed by atoms with Crippen LogP contribution in [0.15, 0.2) is 30.3 Å². The Kier molecular flexibility index (Phi) is 5.25. The number of nitrogens with one attached hydrogen (secondary N) is 1. The average Bonchev–Trinajstić information content (AvgIpc) is 3.14. The third kappa shape index (κ3) is 3.46. The minimum Gasteiger partial charge on any atom is -0.466 e. The van der Waals surface area contributed by atoms with Crippen molar-refractivity contribution in [1.82, 2.24) is 4.90 Å². The number of carbonyl (C=O) groups excluding carboxylic acids is 2. The fourth-order valence-corrected chi connectivity index (χ4v) is 4.54. The van der Waals surface area contributed by atoms with Gasteiger partial charge in [0.1, 0.15) is 6.04 Å². The first-order valence-corrected chi connectivity index (χ1v) is 10.3. The van der Waals surface area contributed by atoms with Crippen LogP contribution in [0.4, 0.5) is 5.69 Å². The van der Waals surface area contributed by atoms with Crippen LogP contribution in [-0.4, -0.2) is 42.5 Å². The molecule has 5 heteroatoms. The summed E-state index contributed by atoms with van der Waals surface area (Å²) in [6.45, 7) is 5.37. The molecule has 1 aliphatic carbocycles. The van der Waals surface area contributed by atoms with Gasteiger partial charge in [-0.3, -0.25) is 9.59 Å². The largest absolute Gasteiger partial charge is 0.466 e. The molecule has 5 nitrogen and oxygen atoms in total. The maximum Gasteiger partial charge on any atom is 0.309 e. The Morgan fingerprint density at radius 3 is 2.57 bits per heavy atom. The lowest BCUT2D eigenvalue weighted by molar-refractivity contribution is -0.151.